The molecule has 0 saturated heterocycles. The van der Waals surface area contributed by atoms with Crippen molar-refractivity contribution >= 4 is 0 Å². The molecule has 1 atom stereocenters. The normalized spacial score (nSPS) is 23.4. The second kappa shape index (κ2) is 3.27. The third-order valence-corrected chi connectivity index (χ3v) is 1.32. The fourth-order valence-electron chi connectivity index (χ4n) is 0.757. The number of hydrogen-bond donors (Lipinski definition) is 2. The Hall–Kier alpha value is -0.960. The molecule has 56 valence electrons. The van der Waals surface area contributed by atoms with Crippen LogP contribution >= 0.6 is 0 Å². The molecule has 0 saturated carbocycles. The van der Waals surface area contributed by atoms with Crippen LogP contribution in [0, 0.1) is 0 Å². The molecular weight excluding hydrogens is 128 g/mol. The fourth-order valence-corrected chi connectivity index (χ4v) is 0.757. The van der Waals surface area contributed by atoms with Crippen molar-refractivity contribution < 1.29 is 4.74 Å². The lowest BCUT2D eigenvalue weighted by Gasteiger charge is -2.19. The highest BCUT2D eigenvalue weighted by molar-refractivity contribution is 5.12. The van der Waals surface area contributed by atoms with Crippen molar-refractivity contribution in [1.82, 2.24) is 10.6 Å². The van der Waals surface area contributed by atoms with Gasteiger partial charge in [0.15, 0.2) is 12.1 Å². The number of rotatable bonds is 2. The molecule has 0 bridgehead atoms. The molecule has 1 heterocycles. The largest absolute Gasteiger partial charge is 0.457 e. The molecule has 2 N–H and O–H groups in total. The summed E-state index contributed by atoms with van der Waals surface area (Å²) in [6, 6.07) is 0. The molecule has 1 aliphatic rings. The van der Waals surface area contributed by atoms with Crippen molar-refractivity contribution in [1.29, 1.82) is 0 Å². The lowest BCUT2D eigenvalue weighted by molar-refractivity contribution is 0.116. The van der Waals surface area contributed by atoms with E-state index < -0.39 is 0 Å². The van der Waals surface area contributed by atoms with Crippen LogP contribution in [0.3, 0.4) is 0 Å². The topological polar surface area (TPSA) is 33.3 Å². The lowest BCUT2D eigenvalue weighted by Crippen LogP contribution is -2.29. The summed E-state index contributed by atoms with van der Waals surface area (Å²) in [5.41, 5.74) is 0. The van der Waals surface area contributed by atoms with E-state index in [1.54, 1.807) is 0 Å². The van der Waals surface area contributed by atoms with Crippen molar-refractivity contribution in [2.45, 2.75) is 6.23 Å². The van der Waals surface area contributed by atoms with E-state index in [0.29, 0.717) is 0 Å². The van der Waals surface area contributed by atoms with Gasteiger partial charge in [-0.1, -0.05) is 6.08 Å². The highest BCUT2D eigenvalue weighted by Crippen LogP contribution is 2.04. The molecule has 0 amide bonds. The number of allylic oxidation sites excluding steroid dienone is 2. The molecule has 0 aliphatic carbocycles. The van der Waals surface area contributed by atoms with Crippen LogP contribution in [0.25, 0.3) is 0 Å². The van der Waals surface area contributed by atoms with Gasteiger partial charge in [-0.25, -0.2) is 0 Å². The van der Waals surface area contributed by atoms with E-state index in [9.17, 15) is 0 Å². The third kappa shape index (κ3) is 1.51. The predicted octanol–water partition coefficient (Wildman–Crippen LogP) is 0.179. The molecular formula is C7H12N2O. The summed E-state index contributed by atoms with van der Waals surface area (Å²) in [4.78, 5) is 0. The number of likely N-dealkylation sites (N-methyl/N-ethyl adjacent to an activating group) is 1. The molecule has 0 aromatic heterocycles. The summed E-state index contributed by atoms with van der Waals surface area (Å²) in [5, 5.41) is 5.89. The zero-order valence-corrected chi connectivity index (χ0v) is 6.22. The van der Waals surface area contributed by atoms with Crippen molar-refractivity contribution in [3.8, 4) is 0 Å². The van der Waals surface area contributed by atoms with Gasteiger partial charge < -0.3 is 10.1 Å². The van der Waals surface area contributed by atoms with E-state index in [0.717, 1.165) is 5.88 Å². The molecule has 0 aromatic rings. The minimum Gasteiger partial charge on any atom is -0.457 e. The van der Waals surface area contributed by atoms with Gasteiger partial charge in [0, 0.05) is 7.05 Å². The Morgan fingerprint density at radius 2 is 2.30 bits per heavy atom. The van der Waals surface area contributed by atoms with Crippen molar-refractivity contribution in [3.05, 3.63) is 24.1 Å². The van der Waals surface area contributed by atoms with Gasteiger partial charge >= 0.3 is 0 Å². The molecule has 1 aliphatic heterocycles. The minimum absolute atomic E-state index is 0.00690. The zero-order valence-electron chi connectivity index (χ0n) is 6.22. The molecule has 0 aromatic carbocycles. The second-order valence-electron chi connectivity index (χ2n) is 1.99. The highest BCUT2D eigenvalue weighted by Gasteiger charge is 2.06. The van der Waals surface area contributed by atoms with E-state index >= 15 is 0 Å². The second-order valence-corrected chi connectivity index (χ2v) is 1.99. The van der Waals surface area contributed by atoms with Crippen molar-refractivity contribution in [2.75, 3.05) is 14.1 Å². The molecule has 0 radical (unpaired) electrons. The van der Waals surface area contributed by atoms with Crippen molar-refractivity contribution in [2.24, 2.45) is 0 Å². The molecule has 0 spiro atoms. The van der Waals surface area contributed by atoms with Gasteiger partial charge in [0.1, 0.15) is 0 Å². The smallest absolute Gasteiger partial charge is 0.188 e. The van der Waals surface area contributed by atoms with Crippen LogP contribution in [-0.2, 0) is 4.74 Å². The Bertz CT molecular complexity index is 163. The Morgan fingerprint density at radius 1 is 1.50 bits per heavy atom. The fraction of sp³-hybridized carbons (Fsp3) is 0.429. The van der Waals surface area contributed by atoms with E-state index in [1.165, 1.54) is 0 Å². The Kier molecular flexibility index (Phi) is 2.34. The van der Waals surface area contributed by atoms with Crippen molar-refractivity contribution in [3.63, 3.8) is 0 Å². The Balaban J connectivity index is 2.50. The first-order chi connectivity index (χ1) is 4.86. The first-order valence-electron chi connectivity index (χ1n) is 3.27. The number of nitrogens with one attached hydrogen (secondary N) is 2. The number of hydrogen-bond acceptors (Lipinski definition) is 3. The van der Waals surface area contributed by atoms with Crippen LogP contribution in [0.1, 0.15) is 0 Å². The number of ether oxygens (including phenoxy) is 1. The van der Waals surface area contributed by atoms with Crippen LogP contribution < -0.4 is 10.6 Å². The quantitative estimate of drug-likeness (QED) is 0.574. The summed E-state index contributed by atoms with van der Waals surface area (Å²) in [6.45, 7) is 0. The van der Waals surface area contributed by atoms with Crippen LogP contribution in [-0.4, -0.2) is 20.3 Å². The highest BCUT2D eigenvalue weighted by atomic mass is 16.5. The van der Waals surface area contributed by atoms with Gasteiger partial charge in [-0.3, -0.25) is 5.32 Å². The average Bonchev–Trinajstić information content (AvgIpc) is 2.05. The first-order valence-corrected chi connectivity index (χ1v) is 3.27. The molecule has 1 rings (SSSR count). The molecule has 3 nitrogen and oxygen atoms in total. The zero-order chi connectivity index (χ0) is 7.40. The average molecular weight is 140 g/mol. The van der Waals surface area contributed by atoms with Crippen LogP contribution in [0.4, 0.5) is 0 Å². The maximum absolute atomic E-state index is 5.34. The van der Waals surface area contributed by atoms with Gasteiger partial charge in [-0.15, -0.1) is 0 Å². The summed E-state index contributed by atoms with van der Waals surface area (Å²) in [6.07, 6.45) is 5.79. The monoisotopic (exact) mass is 140 g/mol. The van der Waals surface area contributed by atoms with Crippen LogP contribution in [0.2, 0.25) is 0 Å². The summed E-state index contributed by atoms with van der Waals surface area (Å²) < 4.78 is 5.34. The first kappa shape index (κ1) is 7.15. The van der Waals surface area contributed by atoms with Gasteiger partial charge in [-0.05, 0) is 19.2 Å². The van der Waals surface area contributed by atoms with Crippen LogP contribution in [0.5, 0.6) is 0 Å². The molecule has 0 fully saturated rings. The maximum atomic E-state index is 5.34. The lowest BCUT2D eigenvalue weighted by atomic mass is 10.4. The standard InChI is InChI=1S/C7H12N2O/c1-8-6-4-3-5-7(9-2)10-6/h3-6,8-9H,1-2H3. The van der Waals surface area contributed by atoms with E-state index in [2.05, 4.69) is 10.6 Å². The summed E-state index contributed by atoms with van der Waals surface area (Å²) >= 11 is 0. The van der Waals surface area contributed by atoms with Crippen LogP contribution in [0.15, 0.2) is 24.1 Å². The SMILES string of the molecule is CNC1=CC=CC(NC)O1. The van der Waals surface area contributed by atoms with Gasteiger partial charge in [0.25, 0.3) is 0 Å². The summed E-state index contributed by atoms with van der Waals surface area (Å²) in [5.74, 6) is 0.793. The van der Waals surface area contributed by atoms with E-state index in [1.807, 2.05) is 32.3 Å². The van der Waals surface area contributed by atoms with Gasteiger partial charge in [-0.2, -0.15) is 0 Å². The van der Waals surface area contributed by atoms with Gasteiger partial charge in [0.05, 0.1) is 0 Å². The molecule has 1 unspecified atom stereocenters. The minimum atomic E-state index is 0.00690. The molecule has 10 heavy (non-hydrogen) atoms. The van der Waals surface area contributed by atoms with E-state index in [-0.39, 0.29) is 6.23 Å². The maximum Gasteiger partial charge on any atom is 0.188 e. The predicted molar refractivity (Wildman–Crippen MR) is 40.2 cm³/mol. The third-order valence-electron chi connectivity index (χ3n) is 1.32. The summed E-state index contributed by atoms with van der Waals surface area (Å²) in [7, 11) is 3.69. The molecule has 3 heteroatoms. The Morgan fingerprint density at radius 3 is 2.90 bits per heavy atom. The Labute approximate surface area is 60.8 Å². The van der Waals surface area contributed by atoms with Gasteiger partial charge in [0.2, 0.25) is 0 Å². The van der Waals surface area contributed by atoms with E-state index in [4.69, 9.17) is 4.74 Å².